The highest BCUT2D eigenvalue weighted by Crippen LogP contribution is 2.01. The maximum absolute atomic E-state index is 11.8. The maximum atomic E-state index is 11.8. The van der Waals surface area contributed by atoms with Crippen LogP contribution in [0.2, 0.25) is 0 Å². The number of nitrogens with one attached hydrogen (secondary N) is 2. The lowest BCUT2D eigenvalue weighted by molar-refractivity contribution is -0.123. The molecule has 0 saturated carbocycles. The number of benzene rings is 1. The Morgan fingerprint density at radius 1 is 1.24 bits per heavy atom. The monoisotopic (exact) mass is 291 g/mol. The van der Waals surface area contributed by atoms with Crippen LogP contribution in [0.1, 0.15) is 32.3 Å². The third kappa shape index (κ3) is 6.90. The number of amides is 2. The first-order valence-corrected chi connectivity index (χ1v) is 7.39. The Morgan fingerprint density at radius 2 is 1.90 bits per heavy atom. The SMILES string of the molecule is CCC(C)NC(=O)CCNC(=O)[C@H](N)Cc1ccccc1. The third-order valence-electron chi connectivity index (χ3n) is 3.31. The molecule has 1 aromatic carbocycles. The number of nitrogens with two attached hydrogens (primary N) is 1. The van der Waals surface area contributed by atoms with Gasteiger partial charge in [-0.05, 0) is 25.3 Å². The summed E-state index contributed by atoms with van der Waals surface area (Å²) in [4.78, 5) is 23.4. The molecule has 4 N–H and O–H groups in total. The third-order valence-corrected chi connectivity index (χ3v) is 3.31. The van der Waals surface area contributed by atoms with Crippen LogP contribution in [0.15, 0.2) is 30.3 Å². The van der Waals surface area contributed by atoms with Crippen molar-refractivity contribution in [2.75, 3.05) is 6.54 Å². The summed E-state index contributed by atoms with van der Waals surface area (Å²) in [5, 5.41) is 5.55. The Kier molecular flexibility index (Phi) is 7.46. The Hall–Kier alpha value is -1.88. The molecule has 0 aliphatic heterocycles. The van der Waals surface area contributed by atoms with E-state index in [1.807, 2.05) is 44.2 Å². The van der Waals surface area contributed by atoms with Crippen molar-refractivity contribution in [3.05, 3.63) is 35.9 Å². The quantitative estimate of drug-likeness (QED) is 0.667. The van der Waals surface area contributed by atoms with E-state index in [9.17, 15) is 9.59 Å². The van der Waals surface area contributed by atoms with Gasteiger partial charge in [0.15, 0.2) is 0 Å². The number of hydrogen-bond acceptors (Lipinski definition) is 3. The molecule has 0 spiro atoms. The molecular formula is C16H25N3O2. The van der Waals surface area contributed by atoms with E-state index in [-0.39, 0.29) is 24.3 Å². The minimum atomic E-state index is -0.593. The fraction of sp³-hybridized carbons (Fsp3) is 0.500. The molecule has 116 valence electrons. The Labute approximate surface area is 126 Å². The standard InChI is InChI=1S/C16H25N3O2/c1-3-12(2)19-15(20)9-10-18-16(21)14(17)11-13-7-5-4-6-8-13/h4-8,12,14H,3,9-11,17H2,1-2H3,(H,18,21)(H,19,20)/t12?,14-/m1/s1. The first-order valence-electron chi connectivity index (χ1n) is 7.39. The van der Waals surface area contributed by atoms with Gasteiger partial charge in [0.2, 0.25) is 11.8 Å². The van der Waals surface area contributed by atoms with Crippen molar-refractivity contribution in [3.8, 4) is 0 Å². The summed E-state index contributed by atoms with van der Waals surface area (Å²) in [6, 6.07) is 9.20. The predicted octanol–water partition coefficient (Wildman–Crippen LogP) is 0.977. The van der Waals surface area contributed by atoms with Gasteiger partial charge in [0.1, 0.15) is 0 Å². The zero-order chi connectivity index (χ0) is 15.7. The lowest BCUT2D eigenvalue weighted by Gasteiger charge is -2.14. The predicted molar refractivity (Wildman–Crippen MR) is 83.6 cm³/mol. The molecule has 0 aromatic heterocycles. The highest BCUT2D eigenvalue weighted by Gasteiger charge is 2.14. The molecule has 1 aromatic rings. The van der Waals surface area contributed by atoms with Crippen LogP contribution in [-0.4, -0.2) is 30.4 Å². The molecular weight excluding hydrogens is 266 g/mol. The van der Waals surface area contributed by atoms with Crippen molar-refractivity contribution in [2.24, 2.45) is 5.73 Å². The minimum absolute atomic E-state index is 0.0544. The summed E-state index contributed by atoms with van der Waals surface area (Å²) >= 11 is 0. The van der Waals surface area contributed by atoms with Crippen molar-refractivity contribution in [3.63, 3.8) is 0 Å². The molecule has 5 nitrogen and oxygen atoms in total. The normalized spacial score (nSPS) is 13.3. The summed E-state index contributed by atoms with van der Waals surface area (Å²) in [5.41, 5.74) is 6.88. The van der Waals surface area contributed by atoms with Gasteiger partial charge in [-0.2, -0.15) is 0 Å². The number of carbonyl (C=O) groups excluding carboxylic acids is 2. The van der Waals surface area contributed by atoms with Gasteiger partial charge >= 0.3 is 0 Å². The van der Waals surface area contributed by atoms with Crippen LogP contribution in [0.5, 0.6) is 0 Å². The molecule has 0 bridgehead atoms. The van der Waals surface area contributed by atoms with Gasteiger partial charge in [-0.3, -0.25) is 9.59 Å². The van der Waals surface area contributed by atoms with Crippen LogP contribution >= 0.6 is 0 Å². The summed E-state index contributed by atoms with van der Waals surface area (Å²) in [7, 11) is 0. The van der Waals surface area contributed by atoms with Crippen molar-refractivity contribution >= 4 is 11.8 Å². The van der Waals surface area contributed by atoms with Gasteiger partial charge in [-0.1, -0.05) is 37.3 Å². The molecule has 0 saturated heterocycles. The van der Waals surface area contributed by atoms with Crippen LogP contribution in [0.3, 0.4) is 0 Å². The van der Waals surface area contributed by atoms with Crippen LogP contribution in [0.25, 0.3) is 0 Å². The lowest BCUT2D eigenvalue weighted by atomic mass is 10.1. The van der Waals surface area contributed by atoms with E-state index in [2.05, 4.69) is 10.6 Å². The molecule has 21 heavy (non-hydrogen) atoms. The fourth-order valence-corrected chi connectivity index (χ4v) is 1.84. The Bertz CT molecular complexity index is 448. The van der Waals surface area contributed by atoms with E-state index in [1.165, 1.54) is 0 Å². The van der Waals surface area contributed by atoms with Gasteiger partial charge in [0, 0.05) is 19.0 Å². The summed E-state index contributed by atoms with van der Waals surface area (Å²) in [5.74, 6) is -0.281. The zero-order valence-corrected chi connectivity index (χ0v) is 12.8. The smallest absolute Gasteiger partial charge is 0.237 e. The molecule has 5 heteroatoms. The molecule has 0 aliphatic carbocycles. The van der Waals surface area contributed by atoms with Crippen LogP contribution in [0.4, 0.5) is 0 Å². The van der Waals surface area contributed by atoms with Crippen molar-refractivity contribution in [1.29, 1.82) is 0 Å². The second-order valence-electron chi connectivity index (χ2n) is 5.21. The molecule has 2 atom stereocenters. The Balaban J connectivity index is 2.25. The molecule has 1 rings (SSSR count). The average molecular weight is 291 g/mol. The average Bonchev–Trinajstić information content (AvgIpc) is 2.47. The highest BCUT2D eigenvalue weighted by atomic mass is 16.2. The molecule has 0 aliphatic rings. The van der Waals surface area contributed by atoms with E-state index >= 15 is 0 Å². The second-order valence-corrected chi connectivity index (χ2v) is 5.21. The van der Waals surface area contributed by atoms with E-state index in [4.69, 9.17) is 5.73 Å². The Morgan fingerprint density at radius 3 is 2.52 bits per heavy atom. The summed E-state index contributed by atoms with van der Waals surface area (Å²) in [6.45, 7) is 4.27. The van der Waals surface area contributed by atoms with E-state index in [0.29, 0.717) is 13.0 Å². The first-order chi connectivity index (χ1) is 10.0. The van der Waals surface area contributed by atoms with E-state index in [1.54, 1.807) is 0 Å². The van der Waals surface area contributed by atoms with Crippen molar-refractivity contribution < 1.29 is 9.59 Å². The summed E-state index contributed by atoms with van der Waals surface area (Å²) < 4.78 is 0. The van der Waals surface area contributed by atoms with Gasteiger partial charge in [0.25, 0.3) is 0 Å². The first kappa shape index (κ1) is 17.2. The highest BCUT2D eigenvalue weighted by molar-refractivity contribution is 5.82. The van der Waals surface area contributed by atoms with E-state index < -0.39 is 6.04 Å². The lowest BCUT2D eigenvalue weighted by Crippen LogP contribution is -2.43. The maximum Gasteiger partial charge on any atom is 0.237 e. The molecule has 2 amide bonds. The zero-order valence-electron chi connectivity index (χ0n) is 12.8. The summed E-state index contributed by atoms with van der Waals surface area (Å²) in [6.07, 6.45) is 1.65. The van der Waals surface area contributed by atoms with Crippen molar-refractivity contribution in [1.82, 2.24) is 10.6 Å². The largest absolute Gasteiger partial charge is 0.354 e. The number of rotatable bonds is 8. The van der Waals surface area contributed by atoms with Gasteiger partial charge < -0.3 is 16.4 Å². The van der Waals surface area contributed by atoms with Gasteiger partial charge in [-0.25, -0.2) is 0 Å². The van der Waals surface area contributed by atoms with Gasteiger partial charge in [0.05, 0.1) is 6.04 Å². The number of hydrogen-bond donors (Lipinski definition) is 3. The minimum Gasteiger partial charge on any atom is -0.354 e. The van der Waals surface area contributed by atoms with Crippen molar-refractivity contribution in [2.45, 2.75) is 45.2 Å². The van der Waals surface area contributed by atoms with E-state index in [0.717, 1.165) is 12.0 Å². The van der Waals surface area contributed by atoms with Gasteiger partial charge in [-0.15, -0.1) is 0 Å². The molecule has 0 fully saturated rings. The van der Waals surface area contributed by atoms with Crippen LogP contribution in [0, 0.1) is 0 Å². The molecule has 1 unspecified atom stereocenters. The molecule has 0 heterocycles. The van der Waals surface area contributed by atoms with Crippen LogP contribution < -0.4 is 16.4 Å². The topological polar surface area (TPSA) is 84.2 Å². The van der Waals surface area contributed by atoms with Crippen LogP contribution in [-0.2, 0) is 16.0 Å². The molecule has 0 radical (unpaired) electrons. The number of carbonyl (C=O) groups is 2. The second kappa shape index (κ2) is 9.13. The fourth-order valence-electron chi connectivity index (χ4n) is 1.84.